The number of nitrogens with one attached hydrogen (secondary N) is 1. The van der Waals surface area contributed by atoms with Crippen LogP contribution >= 0.6 is 0 Å². The van der Waals surface area contributed by atoms with Gasteiger partial charge in [-0.25, -0.2) is 8.42 Å². The maximum absolute atomic E-state index is 12.3. The summed E-state index contributed by atoms with van der Waals surface area (Å²) in [5.74, 6) is 0.372. The number of pyridine rings is 1. The summed E-state index contributed by atoms with van der Waals surface area (Å²) in [5.41, 5.74) is 2.96. The molecule has 0 atom stereocenters. The normalized spacial score (nSPS) is 15.4. The van der Waals surface area contributed by atoms with Gasteiger partial charge in [0.2, 0.25) is 0 Å². The Morgan fingerprint density at radius 2 is 1.88 bits per heavy atom. The van der Waals surface area contributed by atoms with Crippen LogP contribution in [0.3, 0.4) is 0 Å². The summed E-state index contributed by atoms with van der Waals surface area (Å²) in [6.07, 6.45) is 5.57. The second kappa shape index (κ2) is 6.98. The molecule has 132 valence electrons. The number of aliphatic hydroxyl groups is 1. The average Bonchev–Trinajstić information content (AvgIpc) is 3.40. The predicted octanol–water partition coefficient (Wildman–Crippen LogP) is 2.47. The molecule has 1 heterocycles. The fourth-order valence-electron chi connectivity index (χ4n) is 2.83. The Balaban J connectivity index is 2.00. The first-order valence-electron chi connectivity index (χ1n) is 8.25. The van der Waals surface area contributed by atoms with Crippen molar-refractivity contribution in [3.05, 3.63) is 69.6 Å². The lowest BCUT2D eigenvalue weighted by Gasteiger charge is -2.10. The number of aliphatic hydroxyl groups excluding tert-OH is 1. The molecule has 5 nitrogen and oxygen atoms in total. The van der Waals surface area contributed by atoms with E-state index in [1.807, 2.05) is 18.2 Å². The predicted molar refractivity (Wildman–Crippen MR) is 97.4 cm³/mol. The standard InChI is InChI=1S/C19H21NO4S/c1-25(23,24)15-8-6-13(7-9-15)16(3-2-12-21)18-11-10-17(14-4-5-14)19(22)20-18/h3,6-11,14,21H,2,4-5,12H2,1H3,(H,20,22)/b16-3+. The zero-order chi connectivity index (χ0) is 18.0. The maximum atomic E-state index is 12.3. The summed E-state index contributed by atoms with van der Waals surface area (Å²) in [5, 5.41) is 9.14. The van der Waals surface area contributed by atoms with Gasteiger partial charge in [-0.2, -0.15) is 0 Å². The van der Waals surface area contributed by atoms with Crippen molar-refractivity contribution in [1.29, 1.82) is 0 Å². The van der Waals surface area contributed by atoms with Crippen molar-refractivity contribution >= 4 is 15.4 Å². The molecular formula is C19H21NO4S. The van der Waals surface area contributed by atoms with Gasteiger partial charge in [0.05, 0.1) is 4.90 Å². The highest BCUT2D eigenvalue weighted by Gasteiger charge is 2.26. The molecule has 2 N–H and O–H groups in total. The molecule has 0 radical (unpaired) electrons. The highest BCUT2D eigenvalue weighted by molar-refractivity contribution is 7.90. The molecule has 3 rings (SSSR count). The fourth-order valence-corrected chi connectivity index (χ4v) is 3.46. The van der Waals surface area contributed by atoms with E-state index < -0.39 is 9.84 Å². The summed E-state index contributed by atoms with van der Waals surface area (Å²) < 4.78 is 23.2. The molecule has 0 saturated heterocycles. The van der Waals surface area contributed by atoms with Crippen molar-refractivity contribution in [3.63, 3.8) is 0 Å². The van der Waals surface area contributed by atoms with Crippen LogP contribution in [-0.4, -0.2) is 31.4 Å². The monoisotopic (exact) mass is 359 g/mol. The highest BCUT2D eigenvalue weighted by atomic mass is 32.2. The zero-order valence-electron chi connectivity index (χ0n) is 14.0. The SMILES string of the molecule is CS(=O)(=O)c1ccc(/C(=C\CCO)c2ccc(C3CC3)c(=O)[nH]2)cc1. The topological polar surface area (TPSA) is 87.2 Å². The minimum Gasteiger partial charge on any atom is -0.396 e. The number of aromatic nitrogens is 1. The zero-order valence-corrected chi connectivity index (χ0v) is 14.8. The van der Waals surface area contributed by atoms with E-state index in [1.54, 1.807) is 24.3 Å². The number of aromatic amines is 1. The molecule has 1 fully saturated rings. The van der Waals surface area contributed by atoms with Crippen molar-refractivity contribution in [2.45, 2.75) is 30.1 Å². The van der Waals surface area contributed by atoms with Crippen LogP contribution in [0.25, 0.3) is 5.57 Å². The van der Waals surface area contributed by atoms with E-state index >= 15 is 0 Å². The molecule has 1 aromatic carbocycles. The first-order valence-corrected chi connectivity index (χ1v) is 10.1. The van der Waals surface area contributed by atoms with Gasteiger partial charge in [-0.1, -0.05) is 24.3 Å². The number of benzene rings is 1. The molecule has 0 bridgehead atoms. The van der Waals surface area contributed by atoms with Crippen LogP contribution in [0.4, 0.5) is 0 Å². The smallest absolute Gasteiger partial charge is 0.251 e. The van der Waals surface area contributed by atoms with E-state index in [1.165, 1.54) is 6.26 Å². The van der Waals surface area contributed by atoms with Gasteiger partial charge in [0.15, 0.2) is 9.84 Å². The summed E-state index contributed by atoms with van der Waals surface area (Å²) in [6.45, 7) is -0.00465. The van der Waals surface area contributed by atoms with Crippen LogP contribution in [0.5, 0.6) is 0 Å². The molecule has 0 unspecified atom stereocenters. The average molecular weight is 359 g/mol. The Kier molecular flexibility index (Phi) is 4.92. The van der Waals surface area contributed by atoms with Gasteiger partial charge in [-0.3, -0.25) is 4.79 Å². The number of hydrogen-bond donors (Lipinski definition) is 2. The molecule has 1 aliphatic carbocycles. The maximum Gasteiger partial charge on any atom is 0.251 e. The lowest BCUT2D eigenvalue weighted by atomic mass is 10.00. The number of rotatable bonds is 6. The van der Waals surface area contributed by atoms with Crippen LogP contribution < -0.4 is 5.56 Å². The van der Waals surface area contributed by atoms with Gasteiger partial charge in [0, 0.05) is 29.7 Å². The lowest BCUT2D eigenvalue weighted by molar-refractivity contribution is 0.303. The van der Waals surface area contributed by atoms with Gasteiger partial charge in [-0.05, 0) is 48.9 Å². The Bertz CT molecular complexity index is 952. The molecule has 0 spiro atoms. The van der Waals surface area contributed by atoms with E-state index in [9.17, 15) is 13.2 Å². The third kappa shape index (κ3) is 4.08. The molecule has 0 amide bonds. The molecular weight excluding hydrogens is 338 g/mol. The molecule has 2 aromatic rings. The van der Waals surface area contributed by atoms with Crippen molar-refractivity contribution < 1.29 is 13.5 Å². The molecule has 1 saturated carbocycles. The van der Waals surface area contributed by atoms with Crippen molar-refractivity contribution in [1.82, 2.24) is 4.98 Å². The fraction of sp³-hybridized carbons (Fsp3) is 0.316. The number of sulfone groups is 1. The molecule has 0 aliphatic heterocycles. The Hall–Kier alpha value is -2.18. The molecule has 25 heavy (non-hydrogen) atoms. The second-order valence-electron chi connectivity index (χ2n) is 6.36. The van der Waals surface area contributed by atoms with Gasteiger partial charge < -0.3 is 10.1 Å². The molecule has 6 heteroatoms. The van der Waals surface area contributed by atoms with Crippen LogP contribution in [0, 0.1) is 0 Å². The largest absolute Gasteiger partial charge is 0.396 e. The van der Waals surface area contributed by atoms with Gasteiger partial charge in [0.25, 0.3) is 5.56 Å². The van der Waals surface area contributed by atoms with Gasteiger partial charge in [-0.15, -0.1) is 0 Å². The van der Waals surface area contributed by atoms with Crippen LogP contribution in [0.2, 0.25) is 0 Å². The van der Waals surface area contributed by atoms with E-state index in [0.29, 0.717) is 18.0 Å². The van der Waals surface area contributed by atoms with E-state index in [4.69, 9.17) is 5.11 Å². The van der Waals surface area contributed by atoms with Crippen molar-refractivity contribution in [2.24, 2.45) is 0 Å². The number of hydrogen-bond acceptors (Lipinski definition) is 4. The highest BCUT2D eigenvalue weighted by Crippen LogP contribution is 2.38. The Morgan fingerprint density at radius 3 is 2.40 bits per heavy atom. The van der Waals surface area contributed by atoms with E-state index in [2.05, 4.69) is 4.98 Å². The van der Waals surface area contributed by atoms with Gasteiger partial charge in [0.1, 0.15) is 0 Å². The first-order chi connectivity index (χ1) is 11.9. The summed E-state index contributed by atoms with van der Waals surface area (Å²) >= 11 is 0. The van der Waals surface area contributed by atoms with E-state index in [0.717, 1.165) is 29.5 Å². The van der Waals surface area contributed by atoms with Crippen molar-refractivity contribution in [3.8, 4) is 0 Å². The van der Waals surface area contributed by atoms with E-state index in [-0.39, 0.29) is 17.1 Å². The quantitative estimate of drug-likeness (QED) is 0.829. The van der Waals surface area contributed by atoms with Crippen LogP contribution in [0.1, 0.15) is 42.0 Å². The van der Waals surface area contributed by atoms with Crippen molar-refractivity contribution in [2.75, 3.05) is 12.9 Å². The summed E-state index contributed by atoms with van der Waals surface area (Å²) in [4.78, 5) is 15.5. The van der Waals surface area contributed by atoms with Crippen LogP contribution in [-0.2, 0) is 9.84 Å². The van der Waals surface area contributed by atoms with Crippen LogP contribution in [0.15, 0.2) is 52.2 Å². The van der Waals surface area contributed by atoms with Gasteiger partial charge >= 0.3 is 0 Å². The Labute approximate surface area is 147 Å². The third-order valence-corrected chi connectivity index (χ3v) is 5.45. The number of H-pyrrole nitrogens is 1. The summed E-state index contributed by atoms with van der Waals surface area (Å²) in [7, 11) is -3.26. The molecule has 1 aliphatic rings. The minimum atomic E-state index is -3.26. The lowest BCUT2D eigenvalue weighted by Crippen LogP contribution is -2.13. The first kappa shape index (κ1) is 17.6. The third-order valence-electron chi connectivity index (χ3n) is 4.32. The Morgan fingerprint density at radius 1 is 1.20 bits per heavy atom. The molecule has 1 aromatic heterocycles. The second-order valence-corrected chi connectivity index (χ2v) is 8.37. The minimum absolute atomic E-state index is 0.00465. The summed E-state index contributed by atoms with van der Waals surface area (Å²) in [6, 6.07) is 10.3.